The first-order chi connectivity index (χ1) is 19.4. The Kier molecular flexibility index (Phi) is 7.89. The number of ether oxygens (including phenoxy) is 1. The molecule has 1 N–H and O–H groups in total. The second-order valence-corrected chi connectivity index (χ2v) is 9.58. The smallest absolute Gasteiger partial charge is 0.282 e. The van der Waals surface area contributed by atoms with Gasteiger partial charge in [-0.15, -0.1) is 0 Å². The molecule has 0 aliphatic carbocycles. The van der Waals surface area contributed by atoms with Crippen molar-refractivity contribution in [2.75, 3.05) is 30.9 Å². The summed E-state index contributed by atoms with van der Waals surface area (Å²) in [6.07, 6.45) is 1.54. The molecule has 0 saturated carbocycles. The molecule has 0 aliphatic heterocycles. The number of nitrogens with one attached hydrogen (secondary N) is 1. The van der Waals surface area contributed by atoms with E-state index in [0.29, 0.717) is 38.8 Å². The predicted octanol–water partition coefficient (Wildman–Crippen LogP) is 5.68. The number of amides is 1. The van der Waals surface area contributed by atoms with Crippen molar-refractivity contribution in [3.8, 4) is 17.1 Å². The minimum Gasteiger partial charge on any atom is -0.483 e. The Labute approximate surface area is 236 Å². The largest absolute Gasteiger partial charge is 0.483 e. The molecular formula is C31H26ClN5O3. The van der Waals surface area contributed by atoms with Crippen LogP contribution >= 0.6 is 11.6 Å². The number of anilines is 2. The third-order valence-corrected chi connectivity index (χ3v) is 6.35. The maximum atomic E-state index is 13.5. The van der Waals surface area contributed by atoms with E-state index < -0.39 is 0 Å². The van der Waals surface area contributed by atoms with Gasteiger partial charge in [0.25, 0.3) is 11.5 Å². The van der Waals surface area contributed by atoms with Gasteiger partial charge >= 0.3 is 0 Å². The van der Waals surface area contributed by atoms with Crippen LogP contribution in [-0.2, 0) is 4.79 Å². The summed E-state index contributed by atoms with van der Waals surface area (Å²) in [6, 6.07) is 28.9. The Morgan fingerprint density at radius 1 is 1.00 bits per heavy atom. The van der Waals surface area contributed by atoms with Gasteiger partial charge in [-0.1, -0.05) is 54.1 Å². The fourth-order valence-electron chi connectivity index (χ4n) is 4.03. The van der Waals surface area contributed by atoms with E-state index in [4.69, 9.17) is 21.3 Å². The minimum absolute atomic E-state index is 0.229. The average molecular weight is 552 g/mol. The molecule has 0 atom stereocenters. The van der Waals surface area contributed by atoms with Crippen LogP contribution in [0, 0.1) is 0 Å². The van der Waals surface area contributed by atoms with Gasteiger partial charge < -0.3 is 15.0 Å². The van der Waals surface area contributed by atoms with E-state index in [1.54, 1.807) is 42.5 Å². The molecular weight excluding hydrogens is 526 g/mol. The first kappa shape index (κ1) is 26.6. The topological polar surface area (TPSA) is 88.8 Å². The van der Waals surface area contributed by atoms with Crippen LogP contribution in [0.5, 0.6) is 5.75 Å². The molecule has 5 rings (SSSR count). The van der Waals surface area contributed by atoms with E-state index in [0.717, 1.165) is 11.3 Å². The number of hydrogen-bond donors (Lipinski definition) is 1. The van der Waals surface area contributed by atoms with Crippen molar-refractivity contribution in [3.05, 3.63) is 118 Å². The highest BCUT2D eigenvalue weighted by molar-refractivity contribution is 6.30. The number of nitrogens with zero attached hydrogens (tertiary/aromatic N) is 4. The molecule has 9 heteroatoms. The highest BCUT2D eigenvalue weighted by Gasteiger charge is 2.13. The SMILES string of the molecule is CN(C)c1ccc(C=Nn2c(-c3ccccc3)nc3ccccc3c2=O)c(OCC(=O)Nc2ccc(Cl)cc2)c1. The van der Waals surface area contributed by atoms with E-state index in [1.807, 2.05) is 73.6 Å². The van der Waals surface area contributed by atoms with Gasteiger partial charge in [0.15, 0.2) is 12.4 Å². The molecule has 1 heterocycles. The average Bonchev–Trinajstić information content (AvgIpc) is 2.97. The third kappa shape index (κ3) is 6.03. The molecule has 8 nitrogen and oxygen atoms in total. The summed E-state index contributed by atoms with van der Waals surface area (Å²) in [4.78, 5) is 32.7. The molecule has 4 aromatic carbocycles. The van der Waals surface area contributed by atoms with Crippen molar-refractivity contribution in [1.29, 1.82) is 0 Å². The zero-order valence-corrected chi connectivity index (χ0v) is 22.7. The van der Waals surface area contributed by atoms with Crippen LogP contribution in [0.2, 0.25) is 5.02 Å². The fourth-order valence-corrected chi connectivity index (χ4v) is 4.16. The van der Waals surface area contributed by atoms with Crippen LogP contribution in [-0.4, -0.2) is 42.5 Å². The Hall–Kier alpha value is -4.95. The van der Waals surface area contributed by atoms with Gasteiger partial charge in [0.05, 0.1) is 17.1 Å². The summed E-state index contributed by atoms with van der Waals surface area (Å²) in [6.45, 7) is -0.229. The van der Waals surface area contributed by atoms with Gasteiger partial charge in [-0.25, -0.2) is 4.98 Å². The van der Waals surface area contributed by atoms with Crippen molar-refractivity contribution < 1.29 is 9.53 Å². The van der Waals surface area contributed by atoms with Crippen molar-refractivity contribution in [1.82, 2.24) is 9.66 Å². The molecule has 40 heavy (non-hydrogen) atoms. The molecule has 0 radical (unpaired) electrons. The van der Waals surface area contributed by atoms with E-state index in [-0.39, 0.29) is 18.1 Å². The number of carbonyl (C=O) groups is 1. The first-order valence-corrected chi connectivity index (χ1v) is 12.9. The Morgan fingerprint density at radius 2 is 1.73 bits per heavy atom. The Morgan fingerprint density at radius 3 is 2.48 bits per heavy atom. The van der Waals surface area contributed by atoms with Crippen molar-refractivity contribution in [2.45, 2.75) is 0 Å². The van der Waals surface area contributed by atoms with Crippen LogP contribution < -0.4 is 20.5 Å². The highest BCUT2D eigenvalue weighted by Crippen LogP contribution is 2.25. The second kappa shape index (κ2) is 11.8. The van der Waals surface area contributed by atoms with Gasteiger partial charge in [0.1, 0.15) is 5.75 Å². The van der Waals surface area contributed by atoms with Crippen LogP contribution in [0.4, 0.5) is 11.4 Å². The van der Waals surface area contributed by atoms with E-state index in [1.165, 1.54) is 10.9 Å². The molecule has 200 valence electrons. The number of hydrogen-bond acceptors (Lipinski definition) is 6. The quantitative estimate of drug-likeness (QED) is 0.251. The monoisotopic (exact) mass is 551 g/mol. The van der Waals surface area contributed by atoms with E-state index in [9.17, 15) is 9.59 Å². The molecule has 0 spiro atoms. The summed E-state index contributed by atoms with van der Waals surface area (Å²) in [5.41, 5.74) is 3.11. The maximum Gasteiger partial charge on any atom is 0.282 e. The van der Waals surface area contributed by atoms with E-state index >= 15 is 0 Å². The third-order valence-electron chi connectivity index (χ3n) is 6.10. The maximum absolute atomic E-state index is 13.5. The lowest BCUT2D eigenvalue weighted by Gasteiger charge is -2.16. The molecule has 1 amide bonds. The number of benzene rings is 4. The van der Waals surface area contributed by atoms with Gasteiger partial charge in [-0.2, -0.15) is 9.78 Å². The molecule has 0 saturated heterocycles. The Bertz CT molecular complexity index is 1750. The highest BCUT2D eigenvalue weighted by atomic mass is 35.5. The summed E-state index contributed by atoms with van der Waals surface area (Å²) in [7, 11) is 3.82. The van der Waals surface area contributed by atoms with Gasteiger partial charge in [0, 0.05) is 47.7 Å². The number of aromatic nitrogens is 2. The molecule has 0 unspecified atom stereocenters. The molecule has 0 aliphatic rings. The van der Waals surface area contributed by atoms with Crippen molar-refractivity contribution in [2.24, 2.45) is 5.10 Å². The van der Waals surface area contributed by atoms with E-state index in [2.05, 4.69) is 10.4 Å². The number of halogens is 1. The number of para-hydroxylation sites is 1. The minimum atomic E-state index is -0.332. The zero-order chi connectivity index (χ0) is 28.1. The summed E-state index contributed by atoms with van der Waals surface area (Å²) in [5.74, 6) is 0.515. The van der Waals surface area contributed by atoms with Crippen LogP contribution in [0.25, 0.3) is 22.3 Å². The Balaban J connectivity index is 1.49. The summed E-state index contributed by atoms with van der Waals surface area (Å²) in [5, 5.41) is 8.37. The lowest BCUT2D eigenvalue weighted by molar-refractivity contribution is -0.118. The van der Waals surface area contributed by atoms with Crippen LogP contribution in [0.1, 0.15) is 5.56 Å². The van der Waals surface area contributed by atoms with Gasteiger partial charge in [-0.3, -0.25) is 9.59 Å². The zero-order valence-electron chi connectivity index (χ0n) is 21.9. The molecule has 0 fully saturated rings. The number of fused-ring (bicyclic) bond motifs is 1. The summed E-state index contributed by atoms with van der Waals surface area (Å²) < 4.78 is 7.22. The lowest BCUT2D eigenvalue weighted by Crippen LogP contribution is -2.21. The van der Waals surface area contributed by atoms with Crippen LogP contribution in [0.3, 0.4) is 0 Å². The molecule has 5 aromatic rings. The van der Waals surface area contributed by atoms with Crippen molar-refractivity contribution >= 4 is 46.0 Å². The number of carbonyl (C=O) groups excluding carboxylic acids is 1. The number of rotatable bonds is 8. The van der Waals surface area contributed by atoms with Gasteiger partial charge in [-0.05, 0) is 48.5 Å². The molecule has 1 aromatic heterocycles. The summed E-state index contributed by atoms with van der Waals surface area (Å²) >= 11 is 5.93. The fraction of sp³-hybridized carbons (Fsp3) is 0.0968. The van der Waals surface area contributed by atoms with Crippen molar-refractivity contribution in [3.63, 3.8) is 0 Å². The lowest BCUT2D eigenvalue weighted by atomic mass is 10.2. The van der Waals surface area contributed by atoms with Crippen LogP contribution in [0.15, 0.2) is 107 Å². The normalized spacial score (nSPS) is 11.1. The first-order valence-electron chi connectivity index (χ1n) is 12.5. The predicted molar refractivity (Wildman–Crippen MR) is 161 cm³/mol. The van der Waals surface area contributed by atoms with Gasteiger partial charge in [0.2, 0.25) is 0 Å². The second-order valence-electron chi connectivity index (χ2n) is 9.14. The standard InChI is InChI=1S/C31H26ClN5O3/c1-36(2)25-17-12-22(28(18-25)40-20-29(38)34-24-15-13-23(32)14-16-24)19-33-37-30(21-8-4-3-5-9-21)35-27-11-7-6-10-26(27)31(37)39/h3-19H,20H2,1-2H3,(H,34,38). The molecule has 0 bridgehead atoms.